The van der Waals surface area contributed by atoms with Crippen LogP contribution in [0.4, 0.5) is 5.82 Å². The van der Waals surface area contributed by atoms with Crippen LogP contribution in [0.5, 0.6) is 5.75 Å². The summed E-state index contributed by atoms with van der Waals surface area (Å²) in [4.78, 5) is 28.4. The molecule has 0 radical (unpaired) electrons. The monoisotopic (exact) mass is 417 g/mol. The van der Waals surface area contributed by atoms with Crippen molar-refractivity contribution in [1.82, 2.24) is 19.9 Å². The third-order valence-electron chi connectivity index (χ3n) is 5.26. The van der Waals surface area contributed by atoms with Crippen LogP contribution in [0.15, 0.2) is 42.1 Å². The summed E-state index contributed by atoms with van der Waals surface area (Å²) >= 11 is 0. The molecule has 0 spiro atoms. The Morgan fingerprint density at radius 3 is 2.90 bits per heavy atom. The average molecular weight is 417 g/mol. The molecule has 31 heavy (non-hydrogen) atoms. The molecule has 1 aromatic carbocycles. The summed E-state index contributed by atoms with van der Waals surface area (Å²) in [6, 6.07) is 10.3. The average Bonchev–Trinajstić information content (AvgIpc) is 3.40. The Kier molecular flexibility index (Phi) is 4.89. The minimum absolute atomic E-state index is 0.0693. The summed E-state index contributed by atoms with van der Waals surface area (Å²) in [5.41, 5.74) is 3.45. The number of hydrogen-bond acceptors (Lipinski definition) is 6. The van der Waals surface area contributed by atoms with E-state index in [4.69, 9.17) is 9.72 Å². The van der Waals surface area contributed by atoms with Crippen molar-refractivity contribution in [1.29, 1.82) is 0 Å². The predicted molar refractivity (Wildman–Crippen MR) is 117 cm³/mol. The maximum absolute atomic E-state index is 12.0. The number of imide groups is 1. The normalized spacial score (nSPS) is 17.4. The minimum atomic E-state index is -0.363. The first-order chi connectivity index (χ1) is 15.1. The van der Waals surface area contributed by atoms with Crippen LogP contribution < -0.4 is 15.4 Å². The van der Waals surface area contributed by atoms with E-state index in [1.807, 2.05) is 30.3 Å². The lowest BCUT2D eigenvalue weighted by molar-refractivity contribution is -0.124. The highest BCUT2D eigenvalue weighted by Gasteiger charge is 2.26. The van der Waals surface area contributed by atoms with Gasteiger partial charge in [-0.1, -0.05) is 19.1 Å². The van der Waals surface area contributed by atoms with E-state index in [2.05, 4.69) is 22.7 Å². The van der Waals surface area contributed by atoms with Gasteiger partial charge in [-0.3, -0.25) is 14.9 Å². The molecule has 158 valence electrons. The zero-order valence-corrected chi connectivity index (χ0v) is 17.2. The fourth-order valence-corrected chi connectivity index (χ4v) is 3.54. The minimum Gasteiger partial charge on any atom is -0.494 e. The van der Waals surface area contributed by atoms with Crippen LogP contribution in [-0.4, -0.2) is 39.1 Å². The van der Waals surface area contributed by atoms with Crippen molar-refractivity contribution < 1.29 is 14.3 Å². The maximum atomic E-state index is 12.0. The molecule has 0 bridgehead atoms. The van der Waals surface area contributed by atoms with Crippen molar-refractivity contribution >= 4 is 29.4 Å². The van der Waals surface area contributed by atoms with Crippen LogP contribution in [0.25, 0.3) is 23.0 Å². The number of rotatable bonds is 7. The molecule has 2 aliphatic rings. The Morgan fingerprint density at radius 1 is 1.29 bits per heavy atom. The largest absolute Gasteiger partial charge is 0.494 e. The number of fused-ring (bicyclic) bond motifs is 1. The number of aromatic nitrogens is 3. The van der Waals surface area contributed by atoms with E-state index in [1.54, 1.807) is 16.8 Å². The van der Waals surface area contributed by atoms with Gasteiger partial charge in [0.2, 0.25) is 5.91 Å². The number of carbonyl (C=O) groups is 2. The molecule has 2 amide bonds. The molecule has 1 aliphatic carbocycles. The molecule has 2 aromatic heterocycles. The van der Waals surface area contributed by atoms with Crippen molar-refractivity contribution in [2.45, 2.75) is 38.6 Å². The van der Waals surface area contributed by atoms with Gasteiger partial charge in [0.05, 0.1) is 24.9 Å². The molecule has 0 unspecified atom stereocenters. The summed E-state index contributed by atoms with van der Waals surface area (Å²) in [5.74, 6) is 0.993. The summed E-state index contributed by atoms with van der Waals surface area (Å²) in [5, 5.41) is 10.3. The molecule has 1 saturated carbocycles. The number of ether oxygens (including phenoxy) is 1. The van der Waals surface area contributed by atoms with Gasteiger partial charge in [-0.2, -0.15) is 9.61 Å². The van der Waals surface area contributed by atoms with Crippen LogP contribution in [-0.2, 0) is 9.59 Å². The fourth-order valence-electron chi connectivity index (χ4n) is 3.54. The number of nitrogens with zero attached hydrogens (tertiary/aromatic N) is 3. The van der Waals surface area contributed by atoms with Gasteiger partial charge in [0, 0.05) is 28.8 Å². The van der Waals surface area contributed by atoms with E-state index in [0.717, 1.165) is 42.1 Å². The molecule has 2 N–H and O–H groups in total. The van der Waals surface area contributed by atoms with Crippen molar-refractivity contribution in [2.24, 2.45) is 0 Å². The molecule has 1 saturated heterocycles. The van der Waals surface area contributed by atoms with E-state index in [-0.39, 0.29) is 18.2 Å². The lowest BCUT2D eigenvalue weighted by atomic mass is 10.1. The van der Waals surface area contributed by atoms with Gasteiger partial charge >= 0.3 is 0 Å². The Bertz CT molecular complexity index is 1210. The maximum Gasteiger partial charge on any atom is 0.254 e. The smallest absolute Gasteiger partial charge is 0.254 e. The van der Waals surface area contributed by atoms with E-state index < -0.39 is 0 Å². The first-order valence-electron chi connectivity index (χ1n) is 10.5. The number of anilines is 1. The Labute approximate surface area is 179 Å². The van der Waals surface area contributed by atoms with Crippen LogP contribution in [0.1, 0.15) is 38.2 Å². The zero-order valence-electron chi connectivity index (χ0n) is 17.2. The summed E-state index contributed by atoms with van der Waals surface area (Å²) < 4.78 is 7.53. The standard InChI is InChI=1S/C23H23N5O3/c1-2-8-31-18-5-3-4-14(10-18)19-12-20(25-17-6-7-17)28-22(26-19)16(13-24-28)9-15-11-21(29)27-23(15)30/h3-5,9-10,12-13,17,25H,2,6-8,11H2,1H3,(H,27,29,30)/b15-9+. The summed E-state index contributed by atoms with van der Waals surface area (Å²) in [6.07, 6.45) is 6.63. The number of carbonyl (C=O) groups excluding carboxylic acids is 2. The number of benzene rings is 1. The van der Waals surface area contributed by atoms with Gasteiger partial charge in [-0.25, -0.2) is 4.98 Å². The molecule has 2 fully saturated rings. The Balaban J connectivity index is 1.60. The second-order valence-corrected chi connectivity index (χ2v) is 7.88. The van der Waals surface area contributed by atoms with E-state index in [9.17, 15) is 9.59 Å². The topological polar surface area (TPSA) is 97.6 Å². The zero-order chi connectivity index (χ0) is 21.4. The quantitative estimate of drug-likeness (QED) is 0.453. The third-order valence-corrected chi connectivity index (χ3v) is 5.26. The van der Waals surface area contributed by atoms with Crippen LogP contribution in [0, 0.1) is 0 Å². The van der Waals surface area contributed by atoms with E-state index in [1.165, 1.54) is 0 Å². The van der Waals surface area contributed by atoms with Gasteiger partial charge < -0.3 is 10.1 Å². The number of nitrogens with one attached hydrogen (secondary N) is 2. The van der Waals surface area contributed by atoms with Crippen molar-refractivity contribution in [3.63, 3.8) is 0 Å². The van der Waals surface area contributed by atoms with Gasteiger partial charge in [0.25, 0.3) is 5.91 Å². The summed E-state index contributed by atoms with van der Waals surface area (Å²) in [7, 11) is 0. The van der Waals surface area contributed by atoms with Crippen molar-refractivity contribution in [3.8, 4) is 17.0 Å². The van der Waals surface area contributed by atoms with E-state index in [0.29, 0.717) is 29.4 Å². The molecular weight excluding hydrogens is 394 g/mol. The van der Waals surface area contributed by atoms with Gasteiger partial charge in [0.1, 0.15) is 11.6 Å². The molecule has 8 heteroatoms. The molecule has 3 aromatic rings. The first kappa shape index (κ1) is 19.3. The Hall–Kier alpha value is -3.68. The lowest BCUT2D eigenvalue weighted by Gasteiger charge is -2.11. The molecular formula is C23H23N5O3. The molecule has 0 atom stereocenters. The van der Waals surface area contributed by atoms with Crippen LogP contribution in [0.2, 0.25) is 0 Å². The van der Waals surface area contributed by atoms with Crippen molar-refractivity contribution in [3.05, 3.63) is 47.7 Å². The van der Waals surface area contributed by atoms with Crippen LogP contribution in [0.3, 0.4) is 0 Å². The molecule has 3 heterocycles. The van der Waals surface area contributed by atoms with E-state index >= 15 is 0 Å². The third kappa shape index (κ3) is 4.01. The first-order valence-corrected chi connectivity index (χ1v) is 10.5. The highest BCUT2D eigenvalue weighted by Crippen LogP contribution is 2.30. The van der Waals surface area contributed by atoms with Gasteiger partial charge in [-0.15, -0.1) is 0 Å². The summed E-state index contributed by atoms with van der Waals surface area (Å²) in [6.45, 7) is 2.73. The highest BCUT2D eigenvalue weighted by atomic mass is 16.5. The SMILES string of the molecule is CCCOc1cccc(-c2cc(NC3CC3)n3ncc(/C=C4\CC(=O)NC4=O)c3n2)c1. The van der Waals surface area contributed by atoms with Crippen LogP contribution >= 0.6 is 0 Å². The second kappa shape index (κ2) is 7.86. The van der Waals surface area contributed by atoms with Gasteiger partial charge in [-0.05, 0) is 37.5 Å². The molecule has 1 aliphatic heterocycles. The lowest BCUT2D eigenvalue weighted by Crippen LogP contribution is -2.19. The molecule has 8 nitrogen and oxygen atoms in total. The molecule has 5 rings (SSSR count). The van der Waals surface area contributed by atoms with Crippen molar-refractivity contribution in [2.75, 3.05) is 11.9 Å². The fraction of sp³-hybridized carbons (Fsp3) is 0.304. The van der Waals surface area contributed by atoms with Gasteiger partial charge in [0.15, 0.2) is 5.65 Å². The highest BCUT2D eigenvalue weighted by molar-refractivity contribution is 6.15. The number of hydrogen-bond donors (Lipinski definition) is 2. The Morgan fingerprint density at radius 2 is 2.16 bits per heavy atom. The number of amides is 2. The predicted octanol–water partition coefficient (Wildman–Crippen LogP) is 3.19. The second-order valence-electron chi connectivity index (χ2n) is 7.88.